The Morgan fingerprint density at radius 1 is 1.28 bits per heavy atom. The van der Waals surface area contributed by atoms with Crippen molar-refractivity contribution in [1.29, 1.82) is 0 Å². The van der Waals surface area contributed by atoms with Crippen molar-refractivity contribution < 1.29 is 4.74 Å². The van der Waals surface area contributed by atoms with Gasteiger partial charge in [-0.25, -0.2) is 0 Å². The van der Waals surface area contributed by atoms with Gasteiger partial charge in [-0.1, -0.05) is 6.42 Å². The van der Waals surface area contributed by atoms with E-state index < -0.39 is 0 Å². The monoisotopic (exact) mass is 252 g/mol. The number of anilines is 1. The van der Waals surface area contributed by atoms with Crippen LogP contribution in [-0.2, 0) is 0 Å². The van der Waals surface area contributed by atoms with Crippen LogP contribution in [-0.4, -0.2) is 36.2 Å². The van der Waals surface area contributed by atoms with E-state index in [-0.39, 0.29) is 6.10 Å². The molecule has 0 saturated carbocycles. The first-order chi connectivity index (χ1) is 8.63. The van der Waals surface area contributed by atoms with Crippen molar-refractivity contribution in [2.24, 2.45) is 5.73 Å². The molecule has 0 saturated heterocycles. The van der Waals surface area contributed by atoms with Crippen LogP contribution in [0.4, 0.5) is 5.82 Å². The van der Waals surface area contributed by atoms with E-state index in [9.17, 15) is 0 Å². The molecular weight excluding hydrogens is 228 g/mol. The van der Waals surface area contributed by atoms with E-state index in [1.807, 2.05) is 20.9 Å². The number of nitrogens with zero attached hydrogens (tertiary/aromatic N) is 3. The lowest BCUT2D eigenvalue weighted by atomic mass is 10.2. The van der Waals surface area contributed by atoms with E-state index in [1.165, 1.54) is 0 Å². The van der Waals surface area contributed by atoms with Crippen molar-refractivity contribution in [3.05, 3.63) is 12.4 Å². The molecule has 0 bridgehead atoms. The van der Waals surface area contributed by atoms with Gasteiger partial charge in [-0.15, -0.1) is 0 Å². The molecule has 0 aromatic carbocycles. The van der Waals surface area contributed by atoms with Crippen LogP contribution in [0.15, 0.2) is 12.4 Å². The topological polar surface area (TPSA) is 64.3 Å². The van der Waals surface area contributed by atoms with Crippen molar-refractivity contribution in [3.8, 4) is 5.88 Å². The van der Waals surface area contributed by atoms with E-state index in [2.05, 4.69) is 14.9 Å². The second kappa shape index (κ2) is 7.87. The van der Waals surface area contributed by atoms with Gasteiger partial charge in [0.15, 0.2) is 5.82 Å². The number of unbranched alkanes of at least 4 members (excludes halogenated alkanes) is 2. The maximum Gasteiger partial charge on any atom is 0.234 e. The molecule has 5 heteroatoms. The lowest BCUT2D eigenvalue weighted by molar-refractivity contribution is 0.231. The van der Waals surface area contributed by atoms with Crippen molar-refractivity contribution in [1.82, 2.24) is 9.97 Å². The molecule has 0 aliphatic heterocycles. The molecule has 0 unspecified atom stereocenters. The maximum atomic E-state index is 5.53. The highest BCUT2D eigenvalue weighted by molar-refractivity contribution is 5.36. The van der Waals surface area contributed by atoms with Gasteiger partial charge in [0.2, 0.25) is 5.88 Å². The summed E-state index contributed by atoms with van der Waals surface area (Å²) in [7, 11) is 2.02. The number of ether oxygens (including phenoxy) is 1. The van der Waals surface area contributed by atoms with Gasteiger partial charge in [-0.05, 0) is 33.2 Å². The molecule has 0 aliphatic rings. The molecular formula is C13H24N4O. The third-order valence-electron chi connectivity index (χ3n) is 2.54. The average Bonchev–Trinajstić information content (AvgIpc) is 2.34. The third kappa shape index (κ3) is 5.31. The van der Waals surface area contributed by atoms with E-state index in [4.69, 9.17) is 10.5 Å². The summed E-state index contributed by atoms with van der Waals surface area (Å²) in [5.41, 5.74) is 5.47. The molecule has 0 amide bonds. The first kappa shape index (κ1) is 14.7. The Labute approximate surface area is 109 Å². The molecule has 0 aliphatic carbocycles. The van der Waals surface area contributed by atoms with Gasteiger partial charge in [0.05, 0.1) is 18.5 Å². The molecule has 102 valence electrons. The summed E-state index contributed by atoms with van der Waals surface area (Å²) in [5, 5.41) is 0. The zero-order chi connectivity index (χ0) is 13.4. The molecule has 5 nitrogen and oxygen atoms in total. The molecule has 0 radical (unpaired) electrons. The summed E-state index contributed by atoms with van der Waals surface area (Å²) in [6.45, 7) is 5.68. The average molecular weight is 252 g/mol. The normalized spacial score (nSPS) is 10.7. The number of aromatic nitrogens is 2. The van der Waals surface area contributed by atoms with Crippen LogP contribution in [0.5, 0.6) is 5.88 Å². The Balaban J connectivity index is 2.48. The number of rotatable bonds is 8. The predicted molar refractivity (Wildman–Crippen MR) is 74.0 cm³/mol. The van der Waals surface area contributed by atoms with Gasteiger partial charge >= 0.3 is 0 Å². The van der Waals surface area contributed by atoms with Gasteiger partial charge in [-0.3, -0.25) is 4.98 Å². The first-order valence-corrected chi connectivity index (χ1v) is 6.53. The van der Waals surface area contributed by atoms with E-state index >= 15 is 0 Å². The Morgan fingerprint density at radius 3 is 2.72 bits per heavy atom. The minimum absolute atomic E-state index is 0.115. The van der Waals surface area contributed by atoms with E-state index in [1.54, 1.807) is 12.4 Å². The summed E-state index contributed by atoms with van der Waals surface area (Å²) in [6, 6.07) is 0. The number of nitrogens with two attached hydrogens (primary N) is 1. The molecule has 1 rings (SSSR count). The fourth-order valence-electron chi connectivity index (χ4n) is 1.61. The SMILES string of the molecule is CC(C)Oc1cncc(N(C)CCCCCN)n1. The summed E-state index contributed by atoms with van der Waals surface area (Å²) in [4.78, 5) is 10.7. The Kier molecular flexibility index (Phi) is 6.43. The molecule has 2 N–H and O–H groups in total. The van der Waals surface area contributed by atoms with Gasteiger partial charge in [-0.2, -0.15) is 4.98 Å². The van der Waals surface area contributed by atoms with Gasteiger partial charge in [0, 0.05) is 13.6 Å². The van der Waals surface area contributed by atoms with Crippen molar-refractivity contribution in [2.75, 3.05) is 25.0 Å². The highest BCUT2D eigenvalue weighted by Crippen LogP contribution is 2.14. The third-order valence-corrected chi connectivity index (χ3v) is 2.54. The highest BCUT2D eigenvalue weighted by Gasteiger charge is 2.06. The Morgan fingerprint density at radius 2 is 2.06 bits per heavy atom. The highest BCUT2D eigenvalue weighted by atomic mass is 16.5. The standard InChI is InChI=1S/C13H24N4O/c1-11(2)18-13-10-15-9-12(16-13)17(3)8-6-4-5-7-14/h9-11H,4-8,14H2,1-3H3. The molecule has 1 heterocycles. The largest absolute Gasteiger partial charge is 0.474 e. The quantitative estimate of drug-likeness (QED) is 0.715. The fraction of sp³-hybridized carbons (Fsp3) is 0.692. The van der Waals surface area contributed by atoms with Crippen LogP contribution >= 0.6 is 0 Å². The Bertz CT molecular complexity index is 344. The smallest absolute Gasteiger partial charge is 0.234 e. The summed E-state index contributed by atoms with van der Waals surface area (Å²) in [6.07, 6.45) is 6.86. The maximum absolute atomic E-state index is 5.53. The van der Waals surface area contributed by atoms with Crippen LogP contribution in [0.3, 0.4) is 0 Å². The molecule has 1 aromatic rings. The van der Waals surface area contributed by atoms with Crippen molar-refractivity contribution >= 4 is 5.82 Å². The van der Waals surface area contributed by atoms with Gasteiger partial charge < -0.3 is 15.4 Å². The minimum atomic E-state index is 0.115. The second-order valence-corrected chi connectivity index (χ2v) is 4.65. The first-order valence-electron chi connectivity index (χ1n) is 6.53. The fourth-order valence-corrected chi connectivity index (χ4v) is 1.61. The zero-order valence-corrected chi connectivity index (χ0v) is 11.6. The van der Waals surface area contributed by atoms with Crippen LogP contribution in [0, 0.1) is 0 Å². The summed E-state index contributed by atoms with van der Waals surface area (Å²) >= 11 is 0. The Hall–Kier alpha value is -1.36. The predicted octanol–water partition coefficient (Wildman–Crippen LogP) is 1.83. The van der Waals surface area contributed by atoms with Gasteiger partial charge in [0.25, 0.3) is 0 Å². The van der Waals surface area contributed by atoms with Crippen molar-refractivity contribution in [2.45, 2.75) is 39.2 Å². The lowest BCUT2D eigenvalue weighted by Gasteiger charge is -2.18. The van der Waals surface area contributed by atoms with Gasteiger partial charge in [0.1, 0.15) is 0 Å². The number of hydrogen-bond acceptors (Lipinski definition) is 5. The second-order valence-electron chi connectivity index (χ2n) is 4.65. The molecule has 0 spiro atoms. The molecule has 0 atom stereocenters. The zero-order valence-electron chi connectivity index (χ0n) is 11.6. The van der Waals surface area contributed by atoms with Crippen LogP contribution in [0.2, 0.25) is 0 Å². The van der Waals surface area contributed by atoms with E-state index in [0.29, 0.717) is 5.88 Å². The van der Waals surface area contributed by atoms with Crippen molar-refractivity contribution in [3.63, 3.8) is 0 Å². The van der Waals surface area contributed by atoms with Crippen LogP contribution in [0.25, 0.3) is 0 Å². The molecule has 1 aromatic heterocycles. The number of hydrogen-bond donors (Lipinski definition) is 1. The van der Waals surface area contributed by atoms with Crippen LogP contribution < -0.4 is 15.4 Å². The molecule has 0 fully saturated rings. The minimum Gasteiger partial charge on any atom is -0.474 e. The van der Waals surface area contributed by atoms with Crippen LogP contribution in [0.1, 0.15) is 33.1 Å². The summed E-state index contributed by atoms with van der Waals surface area (Å²) in [5.74, 6) is 1.43. The lowest BCUT2D eigenvalue weighted by Crippen LogP contribution is -2.20. The van der Waals surface area contributed by atoms with E-state index in [0.717, 1.165) is 38.2 Å². The molecule has 18 heavy (non-hydrogen) atoms. The summed E-state index contributed by atoms with van der Waals surface area (Å²) < 4.78 is 5.53.